The van der Waals surface area contributed by atoms with Crippen molar-refractivity contribution >= 4 is 46.2 Å². The first-order valence-corrected chi connectivity index (χ1v) is 19.3. The number of nitrogens with one attached hydrogen (secondary N) is 2. The van der Waals surface area contributed by atoms with Gasteiger partial charge in [0.2, 0.25) is 11.8 Å². The predicted octanol–water partition coefficient (Wildman–Crippen LogP) is 7.26. The van der Waals surface area contributed by atoms with Crippen LogP contribution < -0.4 is 15.8 Å². The van der Waals surface area contributed by atoms with Crippen molar-refractivity contribution in [2.75, 3.05) is 11.4 Å². The van der Waals surface area contributed by atoms with Crippen molar-refractivity contribution in [3.8, 4) is 11.1 Å². The lowest BCUT2D eigenvalue weighted by atomic mass is 9.92. The van der Waals surface area contributed by atoms with Crippen molar-refractivity contribution in [3.05, 3.63) is 123 Å². The van der Waals surface area contributed by atoms with Gasteiger partial charge < -0.3 is 19.8 Å². The Balaban J connectivity index is 0.993. The van der Waals surface area contributed by atoms with Gasteiger partial charge in [-0.05, 0) is 104 Å². The lowest BCUT2D eigenvalue weighted by molar-refractivity contribution is -0.136. The van der Waals surface area contributed by atoms with E-state index in [-0.39, 0.29) is 35.4 Å². The maximum atomic E-state index is 14.9. The second-order valence-electron chi connectivity index (χ2n) is 15.1. The van der Waals surface area contributed by atoms with Gasteiger partial charge in [0.05, 0.1) is 23.4 Å². The number of piperidine rings is 1. The molecule has 0 radical (unpaired) electrons. The summed E-state index contributed by atoms with van der Waals surface area (Å²) in [5.74, 6) is -0.968. The largest absolute Gasteiger partial charge is 0.341 e. The van der Waals surface area contributed by atoms with Gasteiger partial charge in [-0.1, -0.05) is 30.4 Å². The number of fused-ring (bicyclic) bond motifs is 3. The van der Waals surface area contributed by atoms with E-state index in [0.717, 1.165) is 51.8 Å². The Labute approximate surface area is 328 Å². The van der Waals surface area contributed by atoms with Crippen LogP contribution in [0.15, 0.2) is 83.9 Å². The van der Waals surface area contributed by atoms with Gasteiger partial charge in [-0.15, -0.1) is 0 Å². The Bertz CT molecular complexity index is 2540. The molecule has 0 spiro atoms. The third-order valence-corrected chi connectivity index (χ3v) is 11.5. The van der Waals surface area contributed by atoms with E-state index in [1.54, 1.807) is 47.7 Å². The van der Waals surface area contributed by atoms with Gasteiger partial charge in [0.1, 0.15) is 6.04 Å². The lowest BCUT2D eigenvalue weighted by Crippen LogP contribution is -2.52. The van der Waals surface area contributed by atoms with Crippen LogP contribution in [0.2, 0.25) is 0 Å². The number of hydrogen-bond acceptors (Lipinski definition) is 7. The van der Waals surface area contributed by atoms with Gasteiger partial charge >= 0.3 is 0 Å². The zero-order chi connectivity index (χ0) is 40.0. The molecule has 0 saturated carbocycles. The average molecular weight is 772 g/mol. The summed E-state index contributed by atoms with van der Waals surface area (Å²) in [6, 6.07) is 15.9. The Kier molecular flexibility index (Phi) is 10.2. The fraction of sp³-hybridized carbons (Fsp3) is 0.318. The Morgan fingerprint density at radius 1 is 0.965 bits per heavy atom. The molecule has 3 aliphatic heterocycles. The van der Waals surface area contributed by atoms with E-state index in [4.69, 9.17) is 5.41 Å². The third-order valence-electron chi connectivity index (χ3n) is 11.5. The third kappa shape index (κ3) is 7.06. The number of anilines is 2. The second kappa shape index (κ2) is 15.4. The molecule has 57 heavy (non-hydrogen) atoms. The molecule has 2 atom stereocenters. The van der Waals surface area contributed by atoms with Crippen molar-refractivity contribution in [2.24, 2.45) is 7.05 Å². The summed E-state index contributed by atoms with van der Waals surface area (Å²) in [4.78, 5) is 53.4. The van der Waals surface area contributed by atoms with E-state index in [2.05, 4.69) is 15.3 Å². The Morgan fingerprint density at radius 2 is 1.81 bits per heavy atom. The summed E-state index contributed by atoms with van der Waals surface area (Å²) in [5, 5.41) is 15.7. The molecule has 11 nitrogen and oxygen atoms in total. The topological polar surface area (TPSA) is 133 Å². The van der Waals surface area contributed by atoms with Crippen LogP contribution in [0.5, 0.6) is 0 Å². The summed E-state index contributed by atoms with van der Waals surface area (Å²) in [7, 11) is 1.75. The highest BCUT2D eigenvalue weighted by Crippen LogP contribution is 2.43. The molecule has 3 aromatic carbocycles. The van der Waals surface area contributed by atoms with Crippen molar-refractivity contribution < 1.29 is 23.2 Å². The number of pyridine rings is 1. The molecule has 0 bridgehead atoms. The number of carbonyl (C=O) groups excluding carboxylic acids is 3. The van der Waals surface area contributed by atoms with Crippen LogP contribution in [0.1, 0.15) is 82.7 Å². The first-order chi connectivity index (χ1) is 27.5. The number of aryl methyl sites for hydroxylation is 3. The van der Waals surface area contributed by atoms with Crippen LogP contribution in [-0.4, -0.2) is 55.8 Å². The van der Waals surface area contributed by atoms with Crippen molar-refractivity contribution in [1.82, 2.24) is 24.6 Å². The van der Waals surface area contributed by atoms with E-state index in [1.165, 1.54) is 11.1 Å². The zero-order valence-corrected chi connectivity index (χ0v) is 31.8. The number of benzene rings is 3. The molecule has 13 heteroatoms. The molecular formula is C44H43F2N7O4. The fourth-order valence-electron chi connectivity index (χ4n) is 8.55. The van der Waals surface area contributed by atoms with Crippen molar-refractivity contribution in [3.63, 3.8) is 0 Å². The quantitative estimate of drug-likeness (QED) is 0.0826. The zero-order valence-electron chi connectivity index (χ0n) is 31.8. The number of carbonyl (C=O) groups is 3. The number of alkyl halides is 2. The highest BCUT2D eigenvalue weighted by molar-refractivity contribution is 6.05. The summed E-state index contributed by atoms with van der Waals surface area (Å²) in [5.41, 5.74) is 7.24. The highest BCUT2D eigenvalue weighted by Gasteiger charge is 2.39. The molecular weight excluding hydrogens is 729 g/mol. The van der Waals surface area contributed by atoms with E-state index in [1.807, 2.05) is 54.6 Å². The molecule has 8 rings (SSSR count). The SMILES string of the molecule is Cc1cc2c(N3CCCc4cc(-c5cnn(C(CC=N)C/C=C\Cc6ccc7c(c6)CN(C6CCC(=O)NC6=O)C7=O)c5)c(C(F)F)cc43)cccc2n(C)c1=O. The molecule has 1 fully saturated rings. The summed E-state index contributed by atoms with van der Waals surface area (Å²) in [6.07, 6.45) is 9.69. The van der Waals surface area contributed by atoms with Gasteiger partial charge in [0, 0.05) is 72.5 Å². The van der Waals surface area contributed by atoms with Crippen LogP contribution in [0.4, 0.5) is 20.2 Å². The fourth-order valence-corrected chi connectivity index (χ4v) is 8.55. The lowest BCUT2D eigenvalue weighted by Gasteiger charge is -2.33. The van der Waals surface area contributed by atoms with Gasteiger partial charge in [-0.25, -0.2) is 8.78 Å². The number of hydrogen-bond donors (Lipinski definition) is 2. The molecule has 2 N–H and O–H groups in total. The molecule has 3 aliphatic rings. The highest BCUT2D eigenvalue weighted by atomic mass is 19.3. The standard InChI is InChI=1S/C44H43F2N7O4/c1-26-19-35-36(50(2)43(26)56)10-5-11-37(35)51-18-6-8-28-21-33(34(41(45)46)22-39(28)51)30-23-48-53(25-30)31(16-17-47)9-4-3-7-27-12-13-32-29(20-27)24-52(44(32)57)38-14-15-40(54)49-42(38)55/h3-5,10-13,17,19-23,25,31,38,41,47H,6-9,14-16,18,24H2,1-2H3,(H,49,54,55)/b4-3-,47-17?. The minimum absolute atomic E-state index is 0.0693. The first kappa shape index (κ1) is 37.7. The van der Waals surface area contributed by atoms with E-state index < -0.39 is 18.4 Å². The van der Waals surface area contributed by atoms with Gasteiger partial charge in [-0.3, -0.25) is 29.2 Å². The minimum atomic E-state index is -2.73. The molecule has 3 amide bonds. The van der Waals surface area contributed by atoms with Gasteiger partial charge in [0.25, 0.3) is 17.9 Å². The Morgan fingerprint density at radius 3 is 2.60 bits per heavy atom. The van der Waals surface area contributed by atoms with Crippen LogP contribution in [0, 0.1) is 12.3 Å². The van der Waals surface area contributed by atoms with E-state index in [9.17, 15) is 28.0 Å². The van der Waals surface area contributed by atoms with Crippen LogP contribution in [-0.2, 0) is 36.0 Å². The van der Waals surface area contributed by atoms with E-state index >= 15 is 0 Å². The van der Waals surface area contributed by atoms with Crippen molar-refractivity contribution in [2.45, 2.75) is 76.9 Å². The molecule has 2 aromatic heterocycles. The number of nitrogens with zero attached hydrogens (tertiary/aromatic N) is 5. The maximum absolute atomic E-state index is 14.9. The maximum Gasteiger partial charge on any atom is 0.264 e. The predicted molar refractivity (Wildman–Crippen MR) is 214 cm³/mol. The normalized spacial score (nSPS) is 17.4. The summed E-state index contributed by atoms with van der Waals surface area (Å²) >= 11 is 0. The minimum Gasteiger partial charge on any atom is -0.341 e. The molecule has 292 valence electrons. The number of allylic oxidation sites excluding steroid dienone is 2. The van der Waals surface area contributed by atoms with E-state index in [0.29, 0.717) is 61.0 Å². The first-order valence-electron chi connectivity index (χ1n) is 19.3. The molecule has 5 heterocycles. The number of amides is 3. The second-order valence-corrected chi connectivity index (χ2v) is 15.1. The van der Waals surface area contributed by atoms with Gasteiger partial charge in [0.15, 0.2) is 0 Å². The number of imide groups is 1. The van der Waals surface area contributed by atoms with Crippen LogP contribution in [0.25, 0.3) is 22.0 Å². The molecule has 0 aliphatic carbocycles. The molecule has 2 unspecified atom stereocenters. The monoisotopic (exact) mass is 771 g/mol. The van der Waals surface area contributed by atoms with Gasteiger partial charge in [-0.2, -0.15) is 5.10 Å². The van der Waals surface area contributed by atoms with Crippen LogP contribution >= 0.6 is 0 Å². The van der Waals surface area contributed by atoms with Crippen LogP contribution in [0.3, 0.4) is 0 Å². The number of aromatic nitrogens is 3. The Hall–Kier alpha value is -6.24. The molecule has 5 aromatic rings. The van der Waals surface area contributed by atoms with Crippen molar-refractivity contribution in [1.29, 1.82) is 5.41 Å². The average Bonchev–Trinajstić information content (AvgIpc) is 3.82. The number of halogens is 2. The number of rotatable bonds is 11. The summed E-state index contributed by atoms with van der Waals surface area (Å²) < 4.78 is 33.2. The summed E-state index contributed by atoms with van der Waals surface area (Å²) in [6.45, 7) is 2.75. The molecule has 1 saturated heterocycles. The smallest absolute Gasteiger partial charge is 0.264 e.